The number of furan rings is 1. The second-order valence-corrected chi connectivity index (χ2v) is 6.62. The van der Waals surface area contributed by atoms with Crippen molar-refractivity contribution in [2.45, 2.75) is 43.5 Å². The number of nitrogens with one attached hydrogen (secondary N) is 1. The minimum atomic E-state index is 0.117. The first-order valence-corrected chi connectivity index (χ1v) is 7.52. The lowest BCUT2D eigenvalue weighted by molar-refractivity contribution is 0.382. The summed E-state index contributed by atoms with van der Waals surface area (Å²) in [7, 11) is 0. The average Bonchev–Trinajstić information content (AvgIpc) is 2.82. The van der Waals surface area contributed by atoms with Crippen LogP contribution in [-0.4, -0.2) is 5.54 Å². The van der Waals surface area contributed by atoms with Gasteiger partial charge < -0.3 is 9.73 Å². The van der Waals surface area contributed by atoms with Gasteiger partial charge in [0.15, 0.2) is 0 Å². The largest absolute Gasteiger partial charge is 0.464 e. The van der Waals surface area contributed by atoms with Crippen molar-refractivity contribution >= 4 is 11.8 Å². The molecule has 1 aromatic carbocycles. The van der Waals surface area contributed by atoms with E-state index in [0.29, 0.717) is 0 Å². The van der Waals surface area contributed by atoms with Crippen molar-refractivity contribution in [2.75, 3.05) is 0 Å². The van der Waals surface area contributed by atoms with Crippen LogP contribution in [0.2, 0.25) is 0 Å². The number of hydrogen-bond acceptors (Lipinski definition) is 3. The number of hydrogen-bond donors (Lipinski definition) is 1. The molecule has 2 aromatic rings. The Hall–Kier alpha value is -1.19. The van der Waals surface area contributed by atoms with E-state index in [1.165, 1.54) is 4.90 Å². The van der Waals surface area contributed by atoms with Crippen molar-refractivity contribution < 1.29 is 4.42 Å². The molecule has 0 aliphatic carbocycles. The molecule has 2 rings (SSSR count). The Bertz CT molecular complexity index is 499. The van der Waals surface area contributed by atoms with Crippen LogP contribution in [0.25, 0.3) is 0 Å². The Morgan fingerprint density at radius 1 is 1.00 bits per heavy atom. The maximum Gasteiger partial charge on any atom is 0.118 e. The van der Waals surface area contributed by atoms with Gasteiger partial charge in [0, 0.05) is 10.4 Å². The van der Waals surface area contributed by atoms with Gasteiger partial charge in [-0.05, 0) is 45.0 Å². The average molecular weight is 275 g/mol. The molecule has 0 fully saturated rings. The van der Waals surface area contributed by atoms with Crippen LogP contribution < -0.4 is 5.32 Å². The molecule has 2 nitrogen and oxygen atoms in total. The number of thioether (sulfide) groups is 1. The maximum absolute atomic E-state index is 5.82. The summed E-state index contributed by atoms with van der Waals surface area (Å²) in [6.45, 7) is 7.24. The van der Waals surface area contributed by atoms with Crippen LogP contribution in [0, 0.1) is 0 Å². The monoisotopic (exact) mass is 275 g/mol. The first kappa shape index (κ1) is 14.2. The van der Waals surface area contributed by atoms with Gasteiger partial charge in [-0.25, -0.2) is 0 Å². The fourth-order valence-electron chi connectivity index (χ4n) is 1.62. The highest BCUT2D eigenvalue weighted by Crippen LogP contribution is 2.23. The SMILES string of the molecule is CC(C)(C)NCc1ccc(CSc2ccccc2)o1. The van der Waals surface area contributed by atoms with Crippen molar-refractivity contribution in [2.24, 2.45) is 0 Å². The molecule has 0 unspecified atom stereocenters. The minimum absolute atomic E-state index is 0.117. The second kappa shape index (κ2) is 6.31. The summed E-state index contributed by atoms with van der Waals surface area (Å²) in [4.78, 5) is 1.27. The first-order valence-electron chi connectivity index (χ1n) is 6.53. The Kier molecular flexibility index (Phi) is 4.72. The number of benzene rings is 1. The molecule has 1 heterocycles. The molecule has 19 heavy (non-hydrogen) atoms. The summed E-state index contributed by atoms with van der Waals surface area (Å²) in [5.74, 6) is 2.90. The van der Waals surface area contributed by atoms with E-state index in [1.54, 1.807) is 11.8 Å². The van der Waals surface area contributed by atoms with Gasteiger partial charge in [0.25, 0.3) is 0 Å². The Morgan fingerprint density at radius 3 is 2.37 bits per heavy atom. The van der Waals surface area contributed by atoms with Crippen LogP contribution in [0.5, 0.6) is 0 Å². The molecule has 0 amide bonds. The predicted molar refractivity (Wildman–Crippen MR) is 81.3 cm³/mol. The second-order valence-electron chi connectivity index (χ2n) is 5.57. The fraction of sp³-hybridized carbons (Fsp3) is 0.375. The molecule has 102 valence electrons. The molecule has 0 spiro atoms. The Balaban J connectivity index is 1.84. The van der Waals surface area contributed by atoms with Crippen LogP contribution >= 0.6 is 11.8 Å². The predicted octanol–water partition coefficient (Wildman–Crippen LogP) is 4.46. The lowest BCUT2D eigenvalue weighted by Crippen LogP contribution is -2.34. The van der Waals surface area contributed by atoms with Gasteiger partial charge in [0.1, 0.15) is 11.5 Å². The third-order valence-corrected chi connectivity index (χ3v) is 3.67. The fourth-order valence-corrected chi connectivity index (χ4v) is 2.43. The van der Waals surface area contributed by atoms with Crippen LogP contribution in [0.1, 0.15) is 32.3 Å². The van der Waals surface area contributed by atoms with Crippen molar-refractivity contribution in [3.8, 4) is 0 Å². The highest BCUT2D eigenvalue weighted by molar-refractivity contribution is 7.98. The van der Waals surface area contributed by atoms with Gasteiger partial charge in [-0.2, -0.15) is 0 Å². The van der Waals surface area contributed by atoms with Crippen LogP contribution in [-0.2, 0) is 12.3 Å². The van der Waals surface area contributed by atoms with Crippen LogP contribution in [0.15, 0.2) is 51.8 Å². The van der Waals surface area contributed by atoms with Gasteiger partial charge in [-0.15, -0.1) is 11.8 Å². The molecule has 0 aliphatic rings. The van der Waals surface area contributed by atoms with E-state index >= 15 is 0 Å². The first-order chi connectivity index (χ1) is 9.03. The molecule has 1 aromatic heterocycles. The van der Waals surface area contributed by atoms with Gasteiger partial charge in [-0.1, -0.05) is 18.2 Å². The summed E-state index contributed by atoms with van der Waals surface area (Å²) in [5.41, 5.74) is 0.117. The molecule has 0 saturated carbocycles. The highest BCUT2D eigenvalue weighted by atomic mass is 32.2. The van der Waals surface area contributed by atoms with E-state index < -0.39 is 0 Å². The van der Waals surface area contributed by atoms with Crippen LogP contribution in [0.3, 0.4) is 0 Å². The lowest BCUT2D eigenvalue weighted by Gasteiger charge is -2.19. The molecule has 0 bridgehead atoms. The minimum Gasteiger partial charge on any atom is -0.464 e. The molecule has 0 radical (unpaired) electrons. The van der Waals surface area contributed by atoms with E-state index in [4.69, 9.17) is 4.42 Å². The van der Waals surface area contributed by atoms with Gasteiger partial charge in [-0.3, -0.25) is 0 Å². The van der Waals surface area contributed by atoms with Crippen molar-refractivity contribution in [1.82, 2.24) is 5.32 Å². The third-order valence-electron chi connectivity index (χ3n) is 2.63. The standard InChI is InChI=1S/C16H21NOS/c1-16(2,3)17-11-13-9-10-14(18-13)12-19-15-7-5-4-6-8-15/h4-10,17H,11-12H2,1-3H3. The molecule has 1 N–H and O–H groups in total. The van der Waals surface area contributed by atoms with Gasteiger partial charge in [0.05, 0.1) is 12.3 Å². The normalized spacial score (nSPS) is 11.7. The summed E-state index contributed by atoms with van der Waals surface area (Å²) in [6, 6.07) is 14.5. The molecular weight excluding hydrogens is 254 g/mol. The van der Waals surface area contributed by atoms with Crippen molar-refractivity contribution in [3.05, 3.63) is 54.0 Å². The summed E-state index contributed by atoms with van der Waals surface area (Å²) >= 11 is 1.80. The molecule has 0 atom stereocenters. The zero-order chi connectivity index (χ0) is 13.7. The molecule has 0 aliphatic heterocycles. The smallest absolute Gasteiger partial charge is 0.118 e. The van der Waals surface area contributed by atoms with E-state index in [-0.39, 0.29) is 5.54 Å². The summed E-state index contributed by atoms with van der Waals surface area (Å²) in [6.07, 6.45) is 0. The lowest BCUT2D eigenvalue weighted by atomic mass is 10.1. The molecule has 0 saturated heterocycles. The van der Waals surface area contributed by atoms with E-state index in [0.717, 1.165) is 23.8 Å². The van der Waals surface area contributed by atoms with E-state index in [2.05, 4.69) is 62.5 Å². The zero-order valence-electron chi connectivity index (χ0n) is 11.8. The molecule has 3 heteroatoms. The van der Waals surface area contributed by atoms with Crippen molar-refractivity contribution in [1.29, 1.82) is 0 Å². The summed E-state index contributed by atoms with van der Waals surface area (Å²) in [5, 5.41) is 3.42. The quantitative estimate of drug-likeness (QED) is 0.816. The van der Waals surface area contributed by atoms with Crippen LogP contribution in [0.4, 0.5) is 0 Å². The zero-order valence-corrected chi connectivity index (χ0v) is 12.6. The Morgan fingerprint density at radius 2 is 1.68 bits per heavy atom. The van der Waals surface area contributed by atoms with E-state index in [9.17, 15) is 0 Å². The Labute approximate surface area is 119 Å². The topological polar surface area (TPSA) is 25.2 Å². The van der Waals surface area contributed by atoms with E-state index in [1.807, 2.05) is 6.07 Å². The van der Waals surface area contributed by atoms with Gasteiger partial charge in [0.2, 0.25) is 0 Å². The number of rotatable bonds is 5. The third kappa shape index (κ3) is 5.13. The molecular formula is C16H21NOS. The maximum atomic E-state index is 5.82. The van der Waals surface area contributed by atoms with Crippen molar-refractivity contribution in [3.63, 3.8) is 0 Å². The van der Waals surface area contributed by atoms with Gasteiger partial charge >= 0.3 is 0 Å². The summed E-state index contributed by atoms with van der Waals surface area (Å²) < 4.78 is 5.82. The highest BCUT2D eigenvalue weighted by Gasteiger charge is 2.10.